The Morgan fingerprint density at radius 3 is 2.23 bits per heavy atom. The van der Waals surface area contributed by atoms with Gasteiger partial charge in [0.1, 0.15) is 6.33 Å². The standard InChI is InChI=1S/C28H23N3/c1-27(2)23-18-11-7-8-12-20(18)31-21-14-17-10-6-5-9-16(17)13-19(21)24-22(25(23)31)26(28(27,3)4)30-15-29-24/h5-15H,1-4H3. The van der Waals surface area contributed by atoms with Gasteiger partial charge in [-0.3, -0.25) is 0 Å². The second kappa shape index (κ2) is 5.23. The number of pyridine rings is 1. The van der Waals surface area contributed by atoms with Crippen LogP contribution in [0.1, 0.15) is 39.0 Å². The van der Waals surface area contributed by atoms with E-state index in [4.69, 9.17) is 9.97 Å². The Labute approximate surface area is 180 Å². The van der Waals surface area contributed by atoms with Crippen LogP contribution in [0.4, 0.5) is 0 Å². The Morgan fingerprint density at radius 2 is 1.42 bits per heavy atom. The van der Waals surface area contributed by atoms with Crippen LogP contribution in [0.3, 0.4) is 0 Å². The Kier molecular flexibility index (Phi) is 2.91. The van der Waals surface area contributed by atoms with Crippen molar-refractivity contribution >= 4 is 49.0 Å². The van der Waals surface area contributed by atoms with Gasteiger partial charge in [0.05, 0.1) is 27.8 Å². The number of aromatic nitrogens is 3. The lowest BCUT2D eigenvalue weighted by Crippen LogP contribution is -2.43. The molecule has 1 aliphatic carbocycles. The summed E-state index contributed by atoms with van der Waals surface area (Å²) < 4.78 is 2.47. The second-order valence-corrected chi connectivity index (χ2v) is 9.99. The van der Waals surface area contributed by atoms with Crippen LogP contribution in [-0.4, -0.2) is 14.4 Å². The zero-order valence-corrected chi connectivity index (χ0v) is 18.2. The Hall–Kier alpha value is -3.46. The molecule has 3 nitrogen and oxygen atoms in total. The minimum Gasteiger partial charge on any atom is -0.308 e. The first-order valence-electron chi connectivity index (χ1n) is 10.9. The fourth-order valence-corrected chi connectivity index (χ4v) is 5.86. The van der Waals surface area contributed by atoms with E-state index in [1.54, 1.807) is 6.33 Å². The van der Waals surface area contributed by atoms with Crippen LogP contribution in [0.5, 0.6) is 0 Å². The molecule has 6 aromatic rings. The summed E-state index contributed by atoms with van der Waals surface area (Å²) in [7, 11) is 0. The molecule has 0 atom stereocenters. The van der Waals surface area contributed by atoms with Gasteiger partial charge in [-0.2, -0.15) is 0 Å². The maximum Gasteiger partial charge on any atom is 0.116 e. The van der Waals surface area contributed by atoms with Crippen molar-refractivity contribution in [3.05, 3.63) is 78.2 Å². The molecule has 0 radical (unpaired) electrons. The second-order valence-electron chi connectivity index (χ2n) is 9.99. The SMILES string of the molecule is CC1(C)c2ncnc3c4cc5ccccc5cc4n4c5ccccc5c(c4c23)C1(C)C. The maximum atomic E-state index is 4.88. The fourth-order valence-electron chi connectivity index (χ4n) is 5.86. The Bertz CT molecular complexity index is 1730. The van der Waals surface area contributed by atoms with Gasteiger partial charge in [-0.1, -0.05) is 70.2 Å². The van der Waals surface area contributed by atoms with E-state index in [1.165, 1.54) is 49.0 Å². The maximum absolute atomic E-state index is 4.88. The van der Waals surface area contributed by atoms with Crippen molar-refractivity contribution in [1.29, 1.82) is 0 Å². The van der Waals surface area contributed by atoms with Crippen LogP contribution in [0.2, 0.25) is 0 Å². The van der Waals surface area contributed by atoms with Crippen molar-refractivity contribution in [3.63, 3.8) is 0 Å². The highest BCUT2D eigenvalue weighted by Gasteiger charge is 2.48. The quantitative estimate of drug-likeness (QED) is 0.204. The van der Waals surface area contributed by atoms with Crippen molar-refractivity contribution in [1.82, 2.24) is 14.4 Å². The summed E-state index contributed by atoms with van der Waals surface area (Å²) in [4.78, 5) is 9.74. The van der Waals surface area contributed by atoms with Gasteiger partial charge in [-0.25, -0.2) is 9.97 Å². The number of hydrogen-bond acceptors (Lipinski definition) is 2. The van der Waals surface area contributed by atoms with Gasteiger partial charge >= 0.3 is 0 Å². The molecule has 3 heteroatoms. The van der Waals surface area contributed by atoms with E-state index in [-0.39, 0.29) is 10.8 Å². The lowest BCUT2D eigenvalue weighted by Gasteiger charge is -2.45. The van der Waals surface area contributed by atoms with E-state index in [1.807, 2.05) is 0 Å². The molecule has 3 aromatic heterocycles. The zero-order chi connectivity index (χ0) is 21.1. The van der Waals surface area contributed by atoms with E-state index >= 15 is 0 Å². The minimum absolute atomic E-state index is 0.0832. The average Bonchev–Trinajstić information content (AvgIpc) is 3.13. The zero-order valence-electron chi connectivity index (χ0n) is 18.2. The third-order valence-corrected chi connectivity index (χ3v) is 8.10. The highest BCUT2D eigenvalue weighted by molar-refractivity contribution is 6.19. The predicted molar refractivity (Wildman–Crippen MR) is 129 cm³/mol. The van der Waals surface area contributed by atoms with Crippen molar-refractivity contribution in [2.45, 2.75) is 38.5 Å². The van der Waals surface area contributed by atoms with Gasteiger partial charge < -0.3 is 4.40 Å². The minimum atomic E-state index is -0.129. The molecule has 7 rings (SSSR count). The van der Waals surface area contributed by atoms with Crippen LogP contribution in [0.15, 0.2) is 67.0 Å². The molecule has 3 aromatic carbocycles. The summed E-state index contributed by atoms with van der Waals surface area (Å²) in [6.45, 7) is 9.41. The lowest BCUT2D eigenvalue weighted by atomic mass is 9.59. The van der Waals surface area contributed by atoms with Gasteiger partial charge in [0.25, 0.3) is 0 Å². The molecule has 0 aliphatic heterocycles. The lowest BCUT2D eigenvalue weighted by molar-refractivity contribution is 0.299. The summed E-state index contributed by atoms with van der Waals surface area (Å²) in [5.74, 6) is 0. The number of fused-ring (bicyclic) bond motifs is 7. The number of rotatable bonds is 0. The molecular formula is C28H23N3. The van der Waals surface area contributed by atoms with Gasteiger partial charge in [0, 0.05) is 27.0 Å². The molecular weight excluding hydrogens is 378 g/mol. The normalized spacial score (nSPS) is 16.9. The molecule has 1 aliphatic rings. The van der Waals surface area contributed by atoms with Crippen molar-refractivity contribution in [3.8, 4) is 0 Å². The third kappa shape index (κ3) is 1.83. The van der Waals surface area contributed by atoms with E-state index in [2.05, 4.69) is 92.8 Å². The summed E-state index contributed by atoms with van der Waals surface area (Å²) in [6.07, 6.45) is 1.76. The third-order valence-electron chi connectivity index (χ3n) is 8.10. The van der Waals surface area contributed by atoms with Crippen LogP contribution < -0.4 is 0 Å². The van der Waals surface area contributed by atoms with E-state index in [9.17, 15) is 0 Å². The average molecular weight is 402 g/mol. The topological polar surface area (TPSA) is 30.2 Å². The molecule has 0 fully saturated rings. The van der Waals surface area contributed by atoms with Crippen molar-refractivity contribution in [2.75, 3.05) is 0 Å². The van der Waals surface area contributed by atoms with Gasteiger partial charge in [-0.15, -0.1) is 0 Å². The van der Waals surface area contributed by atoms with Crippen molar-refractivity contribution < 1.29 is 0 Å². The molecule has 0 spiro atoms. The van der Waals surface area contributed by atoms with E-state index in [0.717, 1.165) is 11.2 Å². The molecule has 3 heterocycles. The summed E-state index contributed by atoms with van der Waals surface area (Å²) >= 11 is 0. The summed E-state index contributed by atoms with van der Waals surface area (Å²) in [5.41, 5.74) is 7.16. The first-order chi connectivity index (χ1) is 14.9. The Morgan fingerprint density at radius 1 is 0.710 bits per heavy atom. The molecule has 0 N–H and O–H groups in total. The number of hydrogen-bond donors (Lipinski definition) is 0. The monoisotopic (exact) mass is 401 g/mol. The largest absolute Gasteiger partial charge is 0.308 e. The Balaban J connectivity index is 1.93. The smallest absolute Gasteiger partial charge is 0.116 e. The molecule has 0 saturated heterocycles. The molecule has 0 saturated carbocycles. The first kappa shape index (κ1) is 17.2. The first-order valence-corrected chi connectivity index (χ1v) is 10.9. The van der Waals surface area contributed by atoms with Crippen LogP contribution in [-0.2, 0) is 10.8 Å². The molecule has 31 heavy (non-hydrogen) atoms. The fraction of sp³-hybridized carbons (Fsp3) is 0.214. The van der Waals surface area contributed by atoms with E-state index < -0.39 is 0 Å². The number of benzene rings is 3. The van der Waals surface area contributed by atoms with Gasteiger partial charge in [0.15, 0.2) is 0 Å². The van der Waals surface area contributed by atoms with E-state index in [0.29, 0.717) is 0 Å². The van der Waals surface area contributed by atoms with Gasteiger partial charge in [-0.05, 0) is 34.5 Å². The molecule has 0 amide bonds. The highest BCUT2D eigenvalue weighted by atomic mass is 14.9. The van der Waals surface area contributed by atoms with Crippen molar-refractivity contribution in [2.24, 2.45) is 0 Å². The van der Waals surface area contributed by atoms with Gasteiger partial charge in [0.2, 0.25) is 0 Å². The summed E-state index contributed by atoms with van der Waals surface area (Å²) in [5, 5.41) is 6.22. The predicted octanol–water partition coefficient (Wildman–Crippen LogP) is 6.91. The molecule has 0 bridgehead atoms. The number of para-hydroxylation sites is 1. The molecule has 150 valence electrons. The summed E-state index contributed by atoms with van der Waals surface area (Å²) in [6, 6.07) is 22.1. The van der Waals surface area contributed by atoms with Crippen LogP contribution in [0.25, 0.3) is 49.0 Å². The molecule has 0 unspecified atom stereocenters. The number of nitrogens with zero attached hydrogens (tertiary/aromatic N) is 3. The highest BCUT2D eigenvalue weighted by Crippen LogP contribution is 2.55. The van der Waals surface area contributed by atoms with Crippen LogP contribution in [0, 0.1) is 0 Å². The van der Waals surface area contributed by atoms with Crippen LogP contribution >= 0.6 is 0 Å².